The fourth-order valence-electron chi connectivity index (χ4n) is 3.89. The van der Waals surface area contributed by atoms with Crippen molar-refractivity contribution in [3.05, 3.63) is 52.5 Å². The number of para-hydroxylation sites is 1. The largest absolute Gasteiger partial charge is 0.349 e. The molecule has 186 valence electrons. The van der Waals surface area contributed by atoms with E-state index in [9.17, 15) is 9.59 Å². The summed E-state index contributed by atoms with van der Waals surface area (Å²) in [5, 5.41) is 10.9. The zero-order valence-corrected chi connectivity index (χ0v) is 21.3. The van der Waals surface area contributed by atoms with Gasteiger partial charge in [-0.1, -0.05) is 42.0 Å². The fraction of sp³-hybridized carbons (Fsp3) is 0.360. The van der Waals surface area contributed by atoms with Gasteiger partial charge in [-0.2, -0.15) is 0 Å². The molecule has 1 aromatic heterocycles. The van der Waals surface area contributed by atoms with Gasteiger partial charge in [-0.25, -0.2) is 4.98 Å². The highest BCUT2D eigenvalue weighted by atomic mass is 35.5. The second-order valence-corrected chi connectivity index (χ2v) is 9.41. The van der Waals surface area contributed by atoms with E-state index in [1.165, 1.54) is 11.3 Å². The number of nitrogens with one attached hydrogen (secondary N) is 3. The maximum Gasteiger partial charge on any atom is 0.255 e. The van der Waals surface area contributed by atoms with Crippen molar-refractivity contribution in [3.8, 4) is 0 Å². The molecule has 3 aromatic rings. The molecule has 1 saturated heterocycles. The Hall–Kier alpha value is -3.01. The minimum atomic E-state index is -0.194. The number of carbonyl (C=O) groups excluding carboxylic acids is 3. The molecule has 1 aliphatic rings. The van der Waals surface area contributed by atoms with Crippen LogP contribution in [-0.2, 0) is 16.0 Å². The van der Waals surface area contributed by atoms with E-state index < -0.39 is 0 Å². The minimum Gasteiger partial charge on any atom is -0.349 e. The average Bonchev–Trinajstić information content (AvgIpc) is 3.48. The second-order valence-electron chi connectivity index (χ2n) is 7.97. The van der Waals surface area contributed by atoms with Crippen molar-refractivity contribution in [2.24, 2.45) is 0 Å². The number of thiazole rings is 1. The summed E-state index contributed by atoms with van der Waals surface area (Å²) in [6.45, 7) is 7.15. The summed E-state index contributed by atoms with van der Waals surface area (Å²) < 4.78 is 0.938. The molecule has 35 heavy (non-hydrogen) atoms. The third-order valence-electron chi connectivity index (χ3n) is 5.69. The second kappa shape index (κ2) is 13.2. The molecule has 10 heteroatoms. The summed E-state index contributed by atoms with van der Waals surface area (Å²) in [4.78, 5) is 39.0. The van der Waals surface area contributed by atoms with Gasteiger partial charge < -0.3 is 20.3 Å². The Morgan fingerprint density at radius 1 is 1.26 bits per heavy atom. The Bertz CT molecular complexity index is 1170. The Labute approximate surface area is 214 Å². The summed E-state index contributed by atoms with van der Waals surface area (Å²) in [6, 6.07) is 11.1. The van der Waals surface area contributed by atoms with Gasteiger partial charge in [-0.3, -0.25) is 14.9 Å². The Kier molecular flexibility index (Phi) is 10.0. The molecule has 1 aliphatic heterocycles. The van der Waals surface area contributed by atoms with Gasteiger partial charge in [-0.15, -0.1) is 0 Å². The molecule has 3 N–H and O–H groups in total. The number of hydrogen-bond donors (Lipinski definition) is 3. The van der Waals surface area contributed by atoms with Crippen LogP contribution in [0.15, 0.2) is 36.4 Å². The number of amides is 2. The lowest BCUT2D eigenvalue weighted by Crippen LogP contribution is -2.29. The van der Waals surface area contributed by atoms with Crippen molar-refractivity contribution < 1.29 is 14.4 Å². The van der Waals surface area contributed by atoms with Gasteiger partial charge in [0.1, 0.15) is 6.79 Å². The summed E-state index contributed by atoms with van der Waals surface area (Å²) in [5.74, 6) is 0.0779. The van der Waals surface area contributed by atoms with Gasteiger partial charge in [-0.05, 0) is 55.6 Å². The van der Waals surface area contributed by atoms with Gasteiger partial charge >= 0.3 is 0 Å². The lowest BCUT2D eigenvalue weighted by Gasteiger charge is -2.15. The van der Waals surface area contributed by atoms with Crippen molar-refractivity contribution in [1.29, 1.82) is 0 Å². The van der Waals surface area contributed by atoms with Crippen LogP contribution in [-0.4, -0.2) is 54.8 Å². The van der Waals surface area contributed by atoms with Crippen LogP contribution < -0.4 is 16.0 Å². The molecule has 0 atom stereocenters. The molecule has 8 nitrogen and oxygen atoms in total. The van der Waals surface area contributed by atoms with E-state index in [1.54, 1.807) is 12.1 Å². The number of fused-ring (bicyclic) bond motifs is 1. The van der Waals surface area contributed by atoms with E-state index in [0.717, 1.165) is 59.8 Å². The zero-order valence-electron chi connectivity index (χ0n) is 19.7. The predicted molar refractivity (Wildman–Crippen MR) is 142 cm³/mol. The van der Waals surface area contributed by atoms with E-state index in [0.29, 0.717) is 29.4 Å². The average molecular weight is 516 g/mol. The minimum absolute atomic E-state index is 0.194. The summed E-state index contributed by atoms with van der Waals surface area (Å²) in [6.07, 6.45) is 3.38. The SMILES string of the molecule is C=O.CCc1cccc(Cl)c1NC(=O)c1ccc2nc(NCNCCCN3CCCC3=O)sc2c1. The van der Waals surface area contributed by atoms with Crippen LogP contribution >= 0.6 is 22.9 Å². The lowest BCUT2D eigenvalue weighted by atomic mass is 10.1. The number of benzene rings is 2. The van der Waals surface area contributed by atoms with Crippen LogP contribution in [0.3, 0.4) is 0 Å². The summed E-state index contributed by atoms with van der Waals surface area (Å²) in [7, 11) is 0. The van der Waals surface area contributed by atoms with E-state index in [4.69, 9.17) is 16.4 Å². The van der Waals surface area contributed by atoms with Gasteiger partial charge in [0.2, 0.25) is 5.91 Å². The van der Waals surface area contributed by atoms with Gasteiger partial charge in [0.05, 0.1) is 27.6 Å². The van der Waals surface area contributed by atoms with Crippen LogP contribution in [0.4, 0.5) is 10.8 Å². The van der Waals surface area contributed by atoms with Crippen molar-refractivity contribution in [1.82, 2.24) is 15.2 Å². The number of hydrogen-bond acceptors (Lipinski definition) is 7. The highest BCUT2D eigenvalue weighted by molar-refractivity contribution is 7.22. The van der Waals surface area contributed by atoms with Crippen LogP contribution in [0.5, 0.6) is 0 Å². The highest BCUT2D eigenvalue weighted by Gasteiger charge is 2.19. The molecule has 0 radical (unpaired) electrons. The molecule has 0 aliphatic carbocycles. The highest BCUT2D eigenvalue weighted by Crippen LogP contribution is 2.29. The smallest absolute Gasteiger partial charge is 0.255 e. The molecule has 0 saturated carbocycles. The number of aryl methyl sites for hydroxylation is 1. The number of likely N-dealkylation sites (tertiary alicyclic amines) is 1. The van der Waals surface area contributed by atoms with Crippen molar-refractivity contribution in [3.63, 3.8) is 0 Å². The summed E-state index contributed by atoms with van der Waals surface area (Å²) >= 11 is 7.81. The number of halogens is 1. The maximum absolute atomic E-state index is 12.8. The lowest BCUT2D eigenvalue weighted by molar-refractivity contribution is -0.127. The molecular formula is C25H30ClN5O3S. The van der Waals surface area contributed by atoms with Crippen LogP contribution in [0.1, 0.15) is 42.1 Å². The number of rotatable bonds is 10. The molecule has 1 fully saturated rings. The van der Waals surface area contributed by atoms with E-state index in [-0.39, 0.29) is 11.8 Å². The van der Waals surface area contributed by atoms with Crippen molar-refractivity contribution >= 4 is 62.6 Å². The first kappa shape index (κ1) is 26.6. The topological polar surface area (TPSA) is 103 Å². The monoisotopic (exact) mass is 515 g/mol. The summed E-state index contributed by atoms with van der Waals surface area (Å²) in [5.41, 5.74) is 3.08. The predicted octanol–water partition coefficient (Wildman–Crippen LogP) is 4.55. The third-order valence-corrected chi connectivity index (χ3v) is 6.98. The first-order chi connectivity index (χ1) is 17.0. The molecular weight excluding hydrogens is 486 g/mol. The molecule has 0 unspecified atom stereocenters. The fourth-order valence-corrected chi connectivity index (χ4v) is 5.03. The molecule has 0 spiro atoms. The van der Waals surface area contributed by atoms with Gasteiger partial charge in [0.15, 0.2) is 5.13 Å². The molecule has 2 amide bonds. The van der Waals surface area contributed by atoms with E-state index in [2.05, 4.69) is 20.9 Å². The number of nitrogens with zero attached hydrogens (tertiary/aromatic N) is 2. The molecule has 0 bridgehead atoms. The molecule has 4 rings (SSSR count). The van der Waals surface area contributed by atoms with Crippen LogP contribution in [0.25, 0.3) is 10.2 Å². The van der Waals surface area contributed by atoms with Crippen molar-refractivity contribution in [2.75, 3.05) is 36.9 Å². The van der Waals surface area contributed by atoms with Crippen molar-refractivity contribution in [2.45, 2.75) is 32.6 Å². The normalized spacial score (nSPS) is 13.0. The van der Waals surface area contributed by atoms with E-state index in [1.807, 2.05) is 42.9 Å². The van der Waals surface area contributed by atoms with Crippen LogP contribution in [0, 0.1) is 0 Å². The van der Waals surface area contributed by atoms with Crippen LogP contribution in [0.2, 0.25) is 5.02 Å². The first-order valence-corrected chi connectivity index (χ1v) is 12.7. The molecule has 2 heterocycles. The standard InChI is InChI=1S/C24H28ClN5O2S.CH2O/c1-2-16-6-3-7-18(25)22(16)29-23(32)17-9-10-19-20(14-17)33-24(28-19)27-15-26-11-5-13-30-12-4-8-21(30)31;1-2/h3,6-7,9-10,14,26H,2,4-5,8,11-13,15H2,1H3,(H,27,28)(H,29,32);1H2. The Morgan fingerprint density at radius 2 is 2.09 bits per heavy atom. The maximum atomic E-state index is 12.8. The number of anilines is 2. The van der Waals surface area contributed by atoms with Gasteiger partial charge in [0.25, 0.3) is 5.91 Å². The zero-order chi connectivity index (χ0) is 25.2. The van der Waals surface area contributed by atoms with Gasteiger partial charge in [0, 0.05) is 25.1 Å². The number of aromatic nitrogens is 1. The Morgan fingerprint density at radius 3 is 2.83 bits per heavy atom. The van der Waals surface area contributed by atoms with E-state index >= 15 is 0 Å². The molecule has 2 aromatic carbocycles. The quantitative estimate of drug-likeness (QED) is 0.270. The third kappa shape index (κ3) is 7.00. The Balaban J connectivity index is 0.00000167. The number of carbonyl (C=O) groups is 3. The first-order valence-electron chi connectivity index (χ1n) is 11.6.